The molecule has 0 N–H and O–H groups in total. The van der Waals surface area contributed by atoms with Crippen LogP contribution in [0.5, 0.6) is 0 Å². The van der Waals surface area contributed by atoms with Gasteiger partial charge in [-0.2, -0.15) is 0 Å². The second kappa shape index (κ2) is 5.87. The molecule has 1 aliphatic heterocycles. The van der Waals surface area contributed by atoms with Crippen molar-refractivity contribution in [3.8, 4) is 0 Å². The van der Waals surface area contributed by atoms with Crippen LogP contribution in [0.4, 0.5) is 0 Å². The number of rotatable bonds is 3. The van der Waals surface area contributed by atoms with E-state index in [9.17, 15) is 0 Å². The van der Waals surface area contributed by atoms with Gasteiger partial charge < -0.3 is 4.90 Å². The zero-order valence-corrected chi connectivity index (χ0v) is 15.9. The van der Waals surface area contributed by atoms with Crippen LogP contribution >= 0.6 is 0 Å². The molecule has 2 rings (SSSR count). The first kappa shape index (κ1) is 17.3. The Balaban J connectivity index is 2.11. The Kier molecular flexibility index (Phi) is 4.84. The van der Waals surface area contributed by atoms with E-state index < -0.39 is 0 Å². The van der Waals surface area contributed by atoms with Gasteiger partial charge in [0.1, 0.15) is 0 Å². The van der Waals surface area contributed by atoms with Gasteiger partial charge in [0.25, 0.3) is 0 Å². The van der Waals surface area contributed by atoms with Gasteiger partial charge in [0.15, 0.2) is 0 Å². The largest absolute Gasteiger partial charge is 0.300 e. The molecule has 0 aromatic rings. The molecule has 1 aliphatic carbocycles. The summed E-state index contributed by atoms with van der Waals surface area (Å²) < 4.78 is 0. The molecule has 0 aromatic carbocycles. The van der Waals surface area contributed by atoms with Gasteiger partial charge in [0.2, 0.25) is 0 Å². The van der Waals surface area contributed by atoms with E-state index >= 15 is 0 Å². The maximum atomic E-state index is 2.75. The summed E-state index contributed by atoms with van der Waals surface area (Å²) in [5, 5.41) is 0. The average Bonchev–Trinajstić information content (AvgIpc) is 2.77. The van der Waals surface area contributed by atoms with Gasteiger partial charge in [-0.25, -0.2) is 0 Å². The van der Waals surface area contributed by atoms with Crippen molar-refractivity contribution in [2.45, 2.75) is 80.7 Å². The Hall–Kier alpha value is -0.0400. The molecule has 0 amide bonds. The van der Waals surface area contributed by atoms with Crippen LogP contribution in [0.1, 0.15) is 74.7 Å². The molecule has 2 aliphatic rings. The van der Waals surface area contributed by atoms with Crippen molar-refractivity contribution >= 4 is 0 Å². The Labute approximate surface area is 133 Å². The highest BCUT2D eigenvalue weighted by Gasteiger charge is 2.49. The maximum Gasteiger partial charge on any atom is 0.00388 e. The lowest BCUT2D eigenvalue weighted by atomic mass is 9.79. The minimum absolute atomic E-state index is 0.483. The van der Waals surface area contributed by atoms with Crippen LogP contribution in [0.25, 0.3) is 0 Å². The molecule has 124 valence electrons. The van der Waals surface area contributed by atoms with Gasteiger partial charge in [-0.1, -0.05) is 41.5 Å². The molecular weight excluding hydrogens is 254 g/mol. The molecule has 0 spiro atoms. The summed E-state index contributed by atoms with van der Waals surface area (Å²) in [6.45, 7) is 22.0. The van der Waals surface area contributed by atoms with Crippen molar-refractivity contribution in [2.24, 2.45) is 34.5 Å². The number of hydrogen-bond acceptors (Lipinski definition) is 1. The standard InChI is InChI=1S/C20H39N/c1-14(2)21-12-17-15(10-19(3,4)5)9-16(18(17)13-21)11-20(6,7)8/h14-18H,9-13H2,1-8H3. The lowest BCUT2D eigenvalue weighted by molar-refractivity contribution is 0.192. The Bertz CT molecular complexity index is 314. The van der Waals surface area contributed by atoms with Crippen LogP contribution in [0.3, 0.4) is 0 Å². The number of nitrogens with zero attached hydrogens (tertiary/aromatic N) is 1. The second-order valence-corrected chi connectivity index (χ2v) is 10.7. The van der Waals surface area contributed by atoms with E-state index in [4.69, 9.17) is 0 Å². The first-order valence-corrected chi connectivity index (χ1v) is 9.20. The molecule has 0 bridgehead atoms. The highest BCUT2D eigenvalue weighted by Crippen LogP contribution is 2.52. The van der Waals surface area contributed by atoms with Crippen LogP contribution in [-0.4, -0.2) is 24.0 Å². The molecule has 2 fully saturated rings. The lowest BCUT2D eigenvalue weighted by Gasteiger charge is -2.30. The third kappa shape index (κ3) is 4.47. The average molecular weight is 294 g/mol. The predicted molar refractivity (Wildman–Crippen MR) is 93.4 cm³/mol. The molecule has 1 saturated carbocycles. The summed E-state index contributed by atoms with van der Waals surface area (Å²) in [7, 11) is 0. The van der Waals surface area contributed by atoms with Crippen molar-refractivity contribution in [3.63, 3.8) is 0 Å². The first-order valence-electron chi connectivity index (χ1n) is 9.20. The van der Waals surface area contributed by atoms with Gasteiger partial charge in [-0.05, 0) is 67.6 Å². The van der Waals surface area contributed by atoms with Crippen LogP contribution in [-0.2, 0) is 0 Å². The number of fused-ring (bicyclic) bond motifs is 1. The number of hydrogen-bond donors (Lipinski definition) is 0. The molecule has 1 saturated heterocycles. The normalized spacial score (nSPS) is 34.7. The van der Waals surface area contributed by atoms with Crippen LogP contribution in [0.15, 0.2) is 0 Å². The SMILES string of the molecule is CC(C)N1CC2C(CC(C)(C)C)CC(CC(C)(C)C)C2C1. The monoisotopic (exact) mass is 293 g/mol. The van der Waals surface area contributed by atoms with Crippen molar-refractivity contribution in [1.82, 2.24) is 4.90 Å². The zero-order chi connectivity index (χ0) is 16.0. The minimum Gasteiger partial charge on any atom is -0.300 e. The minimum atomic E-state index is 0.483. The summed E-state index contributed by atoms with van der Waals surface area (Å²) in [4.78, 5) is 2.75. The molecule has 1 heteroatoms. The fourth-order valence-corrected chi connectivity index (χ4v) is 5.09. The van der Waals surface area contributed by atoms with Crippen molar-refractivity contribution in [1.29, 1.82) is 0 Å². The Morgan fingerprint density at radius 2 is 1.19 bits per heavy atom. The quantitative estimate of drug-likeness (QED) is 0.668. The summed E-state index contributed by atoms with van der Waals surface area (Å²) in [6.07, 6.45) is 4.33. The highest BCUT2D eigenvalue weighted by atomic mass is 15.2. The van der Waals surface area contributed by atoms with Crippen molar-refractivity contribution in [2.75, 3.05) is 13.1 Å². The fraction of sp³-hybridized carbons (Fsp3) is 1.00. The third-order valence-electron chi connectivity index (χ3n) is 5.74. The van der Waals surface area contributed by atoms with Gasteiger partial charge >= 0.3 is 0 Å². The van der Waals surface area contributed by atoms with E-state index in [1.165, 1.54) is 32.4 Å². The van der Waals surface area contributed by atoms with Crippen molar-refractivity contribution < 1.29 is 0 Å². The lowest BCUT2D eigenvalue weighted by Crippen LogP contribution is -2.31. The zero-order valence-electron chi connectivity index (χ0n) is 15.9. The van der Waals surface area contributed by atoms with Crippen LogP contribution in [0, 0.1) is 34.5 Å². The number of likely N-dealkylation sites (tertiary alicyclic amines) is 1. The highest BCUT2D eigenvalue weighted by molar-refractivity contribution is 5.00. The van der Waals surface area contributed by atoms with Crippen molar-refractivity contribution in [3.05, 3.63) is 0 Å². The predicted octanol–water partition coefficient (Wildman–Crippen LogP) is 5.45. The molecule has 4 unspecified atom stereocenters. The second-order valence-electron chi connectivity index (χ2n) is 10.7. The molecule has 1 heterocycles. The van der Waals surface area contributed by atoms with E-state index in [1.807, 2.05) is 0 Å². The van der Waals surface area contributed by atoms with Crippen LogP contribution in [0.2, 0.25) is 0 Å². The topological polar surface area (TPSA) is 3.24 Å². The van der Waals surface area contributed by atoms with Gasteiger partial charge in [-0.15, -0.1) is 0 Å². The Morgan fingerprint density at radius 1 is 0.810 bits per heavy atom. The van der Waals surface area contributed by atoms with Gasteiger partial charge in [-0.3, -0.25) is 0 Å². The maximum absolute atomic E-state index is 2.75. The molecule has 1 nitrogen and oxygen atoms in total. The Morgan fingerprint density at radius 3 is 1.48 bits per heavy atom. The van der Waals surface area contributed by atoms with E-state index in [0.717, 1.165) is 29.7 Å². The summed E-state index contributed by atoms with van der Waals surface area (Å²) >= 11 is 0. The van der Waals surface area contributed by atoms with Gasteiger partial charge in [0, 0.05) is 19.1 Å². The van der Waals surface area contributed by atoms with E-state index in [2.05, 4.69) is 60.3 Å². The fourth-order valence-electron chi connectivity index (χ4n) is 5.09. The molecule has 0 radical (unpaired) electrons. The molecule has 4 atom stereocenters. The smallest absolute Gasteiger partial charge is 0.00388 e. The van der Waals surface area contributed by atoms with Crippen LogP contribution < -0.4 is 0 Å². The third-order valence-corrected chi connectivity index (χ3v) is 5.74. The molecular formula is C20H39N. The van der Waals surface area contributed by atoms with E-state index in [0.29, 0.717) is 10.8 Å². The summed E-state index contributed by atoms with van der Waals surface area (Å²) in [5.41, 5.74) is 0.966. The van der Waals surface area contributed by atoms with E-state index in [1.54, 1.807) is 0 Å². The van der Waals surface area contributed by atoms with Gasteiger partial charge in [0.05, 0.1) is 0 Å². The summed E-state index contributed by atoms with van der Waals surface area (Å²) in [6, 6.07) is 0.723. The molecule has 0 aromatic heterocycles. The first-order chi connectivity index (χ1) is 9.46. The summed E-state index contributed by atoms with van der Waals surface area (Å²) in [5.74, 6) is 3.87. The molecule has 21 heavy (non-hydrogen) atoms. The van der Waals surface area contributed by atoms with E-state index in [-0.39, 0.29) is 0 Å².